The SMILES string of the molecule is Cc1ccc(C2COc3ccc(C(C)C)cc3N2)cc1. The molecule has 1 heterocycles. The van der Waals surface area contributed by atoms with Gasteiger partial charge in [-0.25, -0.2) is 0 Å². The summed E-state index contributed by atoms with van der Waals surface area (Å²) in [7, 11) is 0. The molecule has 0 fully saturated rings. The summed E-state index contributed by atoms with van der Waals surface area (Å²) in [5, 5.41) is 3.60. The highest BCUT2D eigenvalue weighted by Gasteiger charge is 2.20. The van der Waals surface area contributed by atoms with E-state index in [9.17, 15) is 0 Å². The molecule has 1 unspecified atom stereocenters. The van der Waals surface area contributed by atoms with Crippen molar-refractivity contribution in [1.29, 1.82) is 0 Å². The van der Waals surface area contributed by atoms with E-state index in [0.717, 1.165) is 11.4 Å². The first kappa shape index (κ1) is 13.0. The Morgan fingerprint density at radius 3 is 2.55 bits per heavy atom. The first-order valence-electron chi connectivity index (χ1n) is 7.23. The number of aryl methyl sites for hydroxylation is 1. The van der Waals surface area contributed by atoms with Gasteiger partial charge >= 0.3 is 0 Å². The van der Waals surface area contributed by atoms with Crippen LogP contribution in [0.25, 0.3) is 0 Å². The van der Waals surface area contributed by atoms with Crippen molar-refractivity contribution in [3.05, 3.63) is 59.2 Å². The minimum atomic E-state index is 0.227. The van der Waals surface area contributed by atoms with Crippen molar-refractivity contribution in [3.63, 3.8) is 0 Å². The molecule has 104 valence electrons. The van der Waals surface area contributed by atoms with E-state index in [2.05, 4.69) is 68.6 Å². The first-order valence-corrected chi connectivity index (χ1v) is 7.23. The predicted octanol–water partition coefficient (Wildman–Crippen LogP) is 4.66. The van der Waals surface area contributed by atoms with Gasteiger partial charge in [0.05, 0.1) is 11.7 Å². The Hall–Kier alpha value is -1.96. The molecule has 2 aromatic carbocycles. The molecule has 20 heavy (non-hydrogen) atoms. The number of anilines is 1. The molecule has 0 amide bonds. The Balaban J connectivity index is 1.87. The van der Waals surface area contributed by atoms with E-state index in [1.165, 1.54) is 16.7 Å². The summed E-state index contributed by atoms with van der Waals surface area (Å²) in [5.41, 5.74) is 5.00. The zero-order valence-corrected chi connectivity index (χ0v) is 12.3. The largest absolute Gasteiger partial charge is 0.489 e. The lowest BCUT2D eigenvalue weighted by molar-refractivity contribution is 0.286. The van der Waals surface area contributed by atoms with Gasteiger partial charge in [-0.3, -0.25) is 0 Å². The minimum Gasteiger partial charge on any atom is -0.489 e. The summed E-state index contributed by atoms with van der Waals surface area (Å²) in [6.45, 7) is 7.21. The van der Waals surface area contributed by atoms with E-state index in [0.29, 0.717) is 12.5 Å². The number of hydrogen-bond acceptors (Lipinski definition) is 2. The second-order valence-corrected chi connectivity index (χ2v) is 5.83. The monoisotopic (exact) mass is 267 g/mol. The topological polar surface area (TPSA) is 21.3 Å². The number of fused-ring (bicyclic) bond motifs is 1. The molecule has 1 N–H and O–H groups in total. The Morgan fingerprint density at radius 1 is 1.10 bits per heavy atom. The molecule has 0 aliphatic carbocycles. The molecular weight excluding hydrogens is 246 g/mol. The van der Waals surface area contributed by atoms with Crippen molar-refractivity contribution < 1.29 is 4.74 Å². The zero-order valence-electron chi connectivity index (χ0n) is 12.3. The van der Waals surface area contributed by atoms with E-state index >= 15 is 0 Å². The van der Waals surface area contributed by atoms with Crippen LogP contribution in [0.2, 0.25) is 0 Å². The Bertz CT molecular complexity index is 601. The standard InChI is InChI=1S/C18H21NO/c1-12(2)15-8-9-18-16(10-15)19-17(11-20-18)14-6-4-13(3)5-7-14/h4-10,12,17,19H,11H2,1-3H3. The summed E-state index contributed by atoms with van der Waals surface area (Å²) in [5.74, 6) is 1.49. The van der Waals surface area contributed by atoms with Gasteiger partial charge in [0.2, 0.25) is 0 Å². The predicted molar refractivity (Wildman–Crippen MR) is 83.6 cm³/mol. The average molecular weight is 267 g/mol. The highest BCUT2D eigenvalue weighted by molar-refractivity contribution is 5.61. The molecule has 0 spiro atoms. The average Bonchev–Trinajstić information content (AvgIpc) is 2.47. The van der Waals surface area contributed by atoms with Gasteiger partial charge in [0.15, 0.2) is 0 Å². The highest BCUT2D eigenvalue weighted by Crippen LogP contribution is 2.35. The van der Waals surface area contributed by atoms with Crippen LogP contribution in [0.3, 0.4) is 0 Å². The van der Waals surface area contributed by atoms with Crippen LogP contribution in [0, 0.1) is 6.92 Å². The van der Waals surface area contributed by atoms with Crippen LogP contribution in [-0.2, 0) is 0 Å². The van der Waals surface area contributed by atoms with Gasteiger partial charge in [-0.15, -0.1) is 0 Å². The van der Waals surface area contributed by atoms with Crippen LogP contribution in [0.1, 0.15) is 42.5 Å². The molecule has 0 saturated carbocycles. The fraction of sp³-hybridized carbons (Fsp3) is 0.333. The van der Waals surface area contributed by atoms with Gasteiger partial charge < -0.3 is 10.1 Å². The lowest BCUT2D eigenvalue weighted by Crippen LogP contribution is -2.24. The summed E-state index contributed by atoms with van der Waals surface area (Å²) < 4.78 is 5.89. The molecule has 1 aliphatic heterocycles. The quantitative estimate of drug-likeness (QED) is 0.854. The molecule has 1 atom stereocenters. The maximum atomic E-state index is 5.89. The molecule has 2 aromatic rings. The van der Waals surface area contributed by atoms with Crippen molar-refractivity contribution >= 4 is 5.69 Å². The third-order valence-corrected chi connectivity index (χ3v) is 3.89. The third-order valence-electron chi connectivity index (χ3n) is 3.89. The molecule has 0 saturated heterocycles. The zero-order chi connectivity index (χ0) is 14.1. The molecule has 0 aromatic heterocycles. The number of benzene rings is 2. The molecule has 2 nitrogen and oxygen atoms in total. The normalized spacial score (nSPS) is 17.3. The van der Waals surface area contributed by atoms with E-state index < -0.39 is 0 Å². The molecule has 1 aliphatic rings. The number of hydrogen-bond donors (Lipinski definition) is 1. The maximum absolute atomic E-state index is 5.89. The van der Waals surface area contributed by atoms with Crippen molar-refractivity contribution in [3.8, 4) is 5.75 Å². The van der Waals surface area contributed by atoms with Crippen molar-refractivity contribution in [2.24, 2.45) is 0 Å². The van der Waals surface area contributed by atoms with Gasteiger partial charge in [-0.1, -0.05) is 49.7 Å². The van der Waals surface area contributed by atoms with Crippen LogP contribution < -0.4 is 10.1 Å². The van der Waals surface area contributed by atoms with Crippen LogP contribution in [0.4, 0.5) is 5.69 Å². The van der Waals surface area contributed by atoms with Crippen LogP contribution in [0.15, 0.2) is 42.5 Å². The third kappa shape index (κ3) is 2.51. The number of rotatable bonds is 2. The van der Waals surface area contributed by atoms with E-state index in [1.54, 1.807) is 0 Å². The molecule has 0 radical (unpaired) electrons. The lowest BCUT2D eigenvalue weighted by atomic mass is 10.00. The van der Waals surface area contributed by atoms with Crippen LogP contribution >= 0.6 is 0 Å². The van der Waals surface area contributed by atoms with Crippen molar-refractivity contribution in [2.75, 3.05) is 11.9 Å². The van der Waals surface area contributed by atoms with Gasteiger partial charge in [0, 0.05) is 0 Å². The van der Waals surface area contributed by atoms with E-state index in [1.807, 2.05) is 0 Å². The molecular formula is C18H21NO. The van der Waals surface area contributed by atoms with Gasteiger partial charge in [-0.2, -0.15) is 0 Å². The minimum absolute atomic E-state index is 0.227. The van der Waals surface area contributed by atoms with Gasteiger partial charge in [-0.05, 0) is 36.1 Å². The summed E-state index contributed by atoms with van der Waals surface area (Å²) in [6.07, 6.45) is 0. The van der Waals surface area contributed by atoms with Crippen molar-refractivity contribution in [2.45, 2.75) is 32.7 Å². The summed E-state index contributed by atoms with van der Waals surface area (Å²) in [6, 6.07) is 15.3. The summed E-state index contributed by atoms with van der Waals surface area (Å²) in [4.78, 5) is 0. The Morgan fingerprint density at radius 2 is 1.85 bits per heavy atom. The second kappa shape index (κ2) is 5.20. The maximum Gasteiger partial charge on any atom is 0.142 e. The van der Waals surface area contributed by atoms with E-state index in [4.69, 9.17) is 4.74 Å². The van der Waals surface area contributed by atoms with Gasteiger partial charge in [0.1, 0.15) is 12.4 Å². The highest BCUT2D eigenvalue weighted by atomic mass is 16.5. The van der Waals surface area contributed by atoms with Crippen molar-refractivity contribution in [1.82, 2.24) is 0 Å². The Labute approximate surface area is 120 Å². The van der Waals surface area contributed by atoms with Gasteiger partial charge in [0.25, 0.3) is 0 Å². The van der Waals surface area contributed by atoms with Crippen LogP contribution in [-0.4, -0.2) is 6.61 Å². The first-order chi connectivity index (χ1) is 9.63. The number of ether oxygens (including phenoxy) is 1. The molecule has 3 rings (SSSR count). The fourth-order valence-corrected chi connectivity index (χ4v) is 2.53. The fourth-order valence-electron chi connectivity index (χ4n) is 2.53. The molecule has 0 bridgehead atoms. The lowest BCUT2D eigenvalue weighted by Gasteiger charge is -2.28. The smallest absolute Gasteiger partial charge is 0.142 e. The molecule has 2 heteroatoms. The second-order valence-electron chi connectivity index (χ2n) is 5.83. The van der Waals surface area contributed by atoms with Crippen LogP contribution in [0.5, 0.6) is 5.75 Å². The number of nitrogens with one attached hydrogen (secondary N) is 1. The van der Waals surface area contributed by atoms with E-state index in [-0.39, 0.29) is 6.04 Å². The summed E-state index contributed by atoms with van der Waals surface area (Å²) >= 11 is 0. The Kier molecular flexibility index (Phi) is 3.39.